The summed E-state index contributed by atoms with van der Waals surface area (Å²) in [6.45, 7) is 3.43. The molecule has 1 aromatic rings. The van der Waals surface area contributed by atoms with Gasteiger partial charge in [0.2, 0.25) is 0 Å². The van der Waals surface area contributed by atoms with Gasteiger partial charge < -0.3 is 10.1 Å². The number of nitrogens with zero attached hydrogens (tertiary/aromatic N) is 1. The van der Waals surface area contributed by atoms with Gasteiger partial charge >= 0.3 is 5.97 Å². The fourth-order valence-electron chi connectivity index (χ4n) is 1.19. The van der Waals surface area contributed by atoms with Crippen LogP contribution in [-0.2, 0) is 16.1 Å². The number of halogens is 1. The third-order valence-electron chi connectivity index (χ3n) is 1.98. The molecule has 0 saturated carbocycles. The fourth-order valence-corrected chi connectivity index (χ4v) is 1.38. The quantitative estimate of drug-likeness (QED) is 0.610. The van der Waals surface area contributed by atoms with Crippen LogP contribution in [0, 0.1) is 0 Å². The molecule has 0 spiro atoms. The minimum atomic E-state index is -0.184. The lowest BCUT2D eigenvalue weighted by Gasteiger charge is -2.05. The topological polar surface area (TPSA) is 51.2 Å². The highest BCUT2D eigenvalue weighted by Crippen LogP contribution is 2.12. The number of carbonyl (C=O) groups is 1. The van der Waals surface area contributed by atoms with E-state index in [1.54, 1.807) is 19.3 Å². The first kappa shape index (κ1) is 12.9. The predicted molar refractivity (Wildman–Crippen MR) is 62.2 cm³/mol. The zero-order chi connectivity index (χ0) is 11.8. The van der Waals surface area contributed by atoms with Crippen LogP contribution in [-0.4, -0.2) is 24.1 Å². The van der Waals surface area contributed by atoms with E-state index in [4.69, 9.17) is 16.3 Å². The van der Waals surface area contributed by atoms with Gasteiger partial charge in [0.15, 0.2) is 0 Å². The average molecular weight is 243 g/mol. The van der Waals surface area contributed by atoms with Crippen LogP contribution in [0.25, 0.3) is 0 Å². The second kappa shape index (κ2) is 7.19. The summed E-state index contributed by atoms with van der Waals surface area (Å²) in [7, 11) is 0. The molecule has 0 atom stereocenters. The van der Waals surface area contributed by atoms with Gasteiger partial charge in [-0.2, -0.15) is 0 Å². The van der Waals surface area contributed by atoms with Crippen molar-refractivity contribution in [3.8, 4) is 0 Å². The molecule has 0 aromatic carbocycles. The molecule has 0 saturated heterocycles. The molecule has 1 rings (SSSR count). The van der Waals surface area contributed by atoms with Gasteiger partial charge in [-0.15, -0.1) is 0 Å². The molecule has 5 heteroatoms. The van der Waals surface area contributed by atoms with E-state index >= 15 is 0 Å². The lowest BCUT2D eigenvalue weighted by molar-refractivity contribution is -0.142. The molecule has 0 aliphatic heterocycles. The zero-order valence-electron chi connectivity index (χ0n) is 9.20. The Labute approximate surface area is 100.0 Å². The Morgan fingerprint density at radius 2 is 2.44 bits per heavy atom. The molecule has 0 radical (unpaired) electrons. The summed E-state index contributed by atoms with van der Waals surface area (Å²) in [6.07, 6.45) is 3.66. The van der Waals surface area contributed by atoms with Gasteiger partial charge in [-0.3, -0.25) is 9.78 Å². The number of pyridine rings is 1. The number of hydrogen-bond acceptors (Lipinski definition) is 4. The standard InChI is InChI=1S/C11H15ClN2O2/c1-2-16-11(15)4-6-13-7-9-3-5-14-8-10(9)12/h3,5,8,13H,2,4,6-7H2,1H3. The van der Waals surface area contributed by atoms with Crippen LogP contribution in [0.3, 0.4) is 0 Å². The van der Waals surface area contributed by atoms with Gasteiger partial charge in [0.05, 0.1) is 18.1 Å². The largest absolute Gasteiger partial charge is 0.466 e. The molecule has 1 N–H and O–H groups in total. The van der Waals surface area contributed by atoms with Crippen LogP contribution in [0.15, 0.2) is 18.5 Å². The van der Waals surface area contributed by atoms with Gasteiger partial charge in [0.25, 0.3) is 0 Å². The number of carbonyl (C=O) groups excluding carboxylic acids is 1. The number of aromatic nitrogens is 1. The summed E-state index contributed by atoms with van der Waals surface area (Å²) in [5, 5.41) is 3.75. The molecule has 0 bridgehead atoms. The van der Waals surface area contributed by atoms with Crippen molar-refractivity contribution in [3.05, 3.63) is 29.0 Å². The van der Waals surface area contributed by atoms with E-state index in [1.807, 2.05) is 6.07 Å². The predicted octanol–water partition coefficient (Wildman–Crippen LogP) is 1.78. The van der Waals surface area contributed by atoms with Crippen LogP contribution in [0.5, 0.6) is 0 Å². The molecule has 1 aromatic heterocycles. The van der Waals surface area contributed by atoms with Gasteiger partial charge in [-0.25, -0.2) is 0 Å². The maximum absolute atomic E-state index is 11.0. The van der Waals surface area contributed by atoms with Crippen molar-refractivity contribution >= 4 is 17.6 Å². The van der Waals surface area contributed by atoms with Crippen molar-refractivity contribution in [3.63, 3.8) is 0 Å². The highest BCUT2D eigenvalue weighted by molar-refractivity contribution is 6.31. The lowest BCUT2D eigenvalue weighted by atomic mass is 10.2. The first-order valence-corrected chi connectivity index (χ1v) is 5.56. The lowest BCUT2D eigenvalue weighted by Crippen LogP contribution is -2.19. The second-order valence-electron chi connectivity index (χ2n) is 3.20. The van der Waals surface area contributed by atoms with Gasteiger partial charge in [-0.1, -0.05) is 11.6 Å². The Balaban J connectivity index is 2.21. The second-order valence-corrected chi connectivity index (χ2v) is 3.61. The number of rotatable bonds is 6. The summed E-state index contributed by atoms with van der Waals surface area (Å²) < 4.78 is 4.80. The summed E-state index contributed by atoms with van der Waals surface area (Å²) in [6, 6.07) is 1.85. The van der Waals surface area contributed by atoms with Crippen molar-refractivity contribution in [1.82, 2.24) is 10.3 Å². The molecule has 1 heterocycles. The SMILES string of the molecule is CCOC(=O)CCNCc1ccncc1Cl. The van der Waals surface area contributed by atoms with Crippen molar-refractivity contribution in [2.75, 3.05) is 13.2 Å². The Morgan fingerprint density at radius 1 is 1.62 bits per heavy atom. The van der Waals surface area contributed by atoms with E-state index in [0.717, 1.165) is 5.56 Å². The number of nitrogens with one attached hydrogen (secondary N) is 1. The summed E-state index contributed by atoms with van der Waals surface area (Å²) in [4.78, 5) is 14.9. The van der Waals surface area contributed by atoms with E-state index in [0.29, 0.717) is 31.1 Å². The molecule has 0 aliphatic carbocycles. The van der Waals surface area contributed by atoms with E-state index in [1.165, 1.54) is 0 Å². The zero-order valence-corrected chi connectivity index (χ0v) is 9.96. The van der Waals surface area contributed by atoms with Gasteiger partial charge in [0, 0.05) is 25.5 Å². The summed E-state index contributed by atoms with van der Waals surface area (Å²) >= 11 is 5.92. The Bertz CT molecular complexity index is 345. The Hall–Kier alpha value is -1.13. The van der Waals surface area contributed by atoms with Crippen molar-refractivity contribution in [2.24, 2.45) is 0 Å². The van der Waals surface area contributed by atoms with Gasteiger partial charge in [0.1, 0.15) is 0 Å². The first-order chi connectivity index (χ1) is 7.74. The molecule has 4 nitrogen and oxygen atoms in total. The summed E-state index contributed by atoms with van der Waals surface area (Å²) in [5.74, 6) is -0.184. The average Bonchev–Trinajstić information content (AvgIpc) is 2.27. The number of ether oxygens (including phenoxy) is 1. The third-order valence-corrected chi connectivity index (χ3v) is 2.32. The van der Waals surface area contributed by atoms with Crippen LogP contribution in [0.2, 0.25) is 5.02 Å². The van der Waals surface area contributed by atoms with Crippen LogP contribution in [0.4, 0.5) is 0 Å². The van der Waals surface area contributed by atoms with E-state index in [9.17, 15) is 4.79 Å². The minimum absolute atomic E-state index is 0.184. The smallest absolute Gasteiger partial charge is 0.307 e. The highest BCUT2D eigenvalue weighted by Gasteiger charge is 2.02. The van der Waals surface area contributed by atoms with E-state index in [2.05, 4.69) is 10.3 Å². The normalized spacial score (nSPS) is 10.1. The van der Waals surface area contributed by atoms with Gasteiger partial charge in [-0.05, 0) is 18.6 Å². The molecule has 0 unspecified atom stereocenters. The van der Waals surface area contributed by atoms with Crippen molar-refractivity contribution < 1.29 is 9.53 Å². The van der Waals surface area contributed by atoms with Crippen molar-refractivity contribution in [1.29, 1.82) is 0 Å². The molecular formula is C11H15ClN2O2. The monoisotopic (exact) mass is 242 g/mol. The number of hydrogen-bond donors (Lipinski definition) is 1. The molecule has 16 heavy (non-hydrogen) atoms. The molecule has 88 valence electrons. The number of esters is 1. The molecule has 0 amide bonds. The van der Waals surface area contributed by atoms with E-state index in [-0.39, 0.29) is 5.97 Å². The van der Waals surface area contributed by atoms with Crippen LogP contribution < -0.4 is 5.32 Å². The summed E-state index contributed by atoms with van der Waals surface area (Å²) in [5.41, 5.74) is 0.973. The molecule has 0 fully saturated rings. The Morgan fingerprint density at radius 3 is 3.12 bits per heavy atom. The van der Waals surface area contributed by atoms with Crippen LogP contribution >= 0.6 is 11.6 Å². The maximum Gasteiger partial charge on any atom is 0.307 e. The molecule has 0 aliphatic rings. The first-order valence-electron chi connectivity index (χ1n) is 5.18. The molecular weight excluding hydrogens is 228 g/mol. The fraction of sp³-hybridized carbons (Fsp3) is 0.455. The van der Waals surface area contributed by atoms with Crippen LogP contribution in [0.1, 0.15) is 18.9 Å². The highest BCUT2D eigenvalue weighted by atomic mass is 35.5. The minimum Gasteiger partial charge on any atom is -0.466 e. The van der Waals surface area contributed by atoms with Crippen molar-refractivity contribution in [2.45, 2.75) is 19.9 Å². The van der Waals surface area contributed by atoms with E-state index < -0.39 is 0 Å². The maximum atomic E-state index is 11.0. The Kier molecular flexibility index (Phi) is 5.82. The third kappa shape index (κ3) is 4.59.